The number of nitrogens with one attached hydrogen (secondary N) is 2. The van der Waals surface area contributed by atoms with Crippen molar-refractivity contribution in [1.82, 2.24) is 5.32 Å². The second-order valence-electron chi connectivity index (χ2n) is 3.51. The highest BCUT2D eigenvalue weighted by Gasteiger charge is 2.29. The van der Waals surface area contributed by atoms with Crippen LogP contribution in [0.25, 0.3) is 6.08 Å². The maximum absolute atomic E-state index is 11.6. The second kappa shape index (κ2) is 4.28. The summed E-state index contributed by atoms with van der Waals surface area (Å²) in [5, 5.41) is 5.51. The lowest BCUT2D eigenvalue weighted by atomic mass is 10.0. The molecule has 1 amide bonds. The number of fused-ring (bicyclic) bond motifs is 1. The van der Waals surface area contributed by atoms with Crippen molar-refractivity contribution in [3.8, 4) is 0 Å². The third kappa shape index (κ3) is 1.75. The molecule has 2 N–H and O–H groups in total. The Hall–Kier alpha value is -1.94. The molecule has 4 nitrogen and oxygen atoms in total. The van der Waals surface area contributed by atoms with Gasteiger partial charge in [0, 0.05) is 6.54 Å². The van der Waals surface area contributed by atoms with E-state index in [9.17, 15) is 9.59 Å². The van der Waals surface area contributed by atoms with Crippen LogP contribution in [0.5, 0.6) is 0 Å². The molecule has 0 spiro atoms. The fourth-order valence-electron chi connectivity index (χ4n) is 1.66. The molecular formula is C12H12N2O2. The van der Waals surface area contributed by atoms with Gasteiger partial charge in [-0.05, 0) is 18.7 Å². The standard InChI is InChI=1S/C12H12N2O2/c1-13-7-3-5-8-4-2-6-9-10(8)11(15)12(16)14-9/h2-6,13H,7H2,1H3,(H,14,15,16). The Morgan fingerprint density at radius 1 is 1.38 bits per heavy atom. The van der Waals surface area contributed by atoms with Gasteiger partial charge in [0.2, 0.25) is 0 Å². The van der Waals surface area contributed by atoms with Gasteiger partial charge < -0.3 is 10.6 Å². The van der Waals surface area contributed by atoms with Crippen molar-refractivity contribution in [3.05, 3.63) is 35.4 Å². The molecule has 4 heteroatoms. The Balaban J connectivity index is 2.39. The number of likely N-dealkylation sites (N-methyl/N-ethyl adjacent to an activating group) is 1. The predicted molar refractivity (Wildman–Crippen MR) is 62.4 cm³/mol. The topological polar surface area (TPSA) is 58.2 Å². The Morgan fingerprint density at radius 3 is 2.94 bits per heavy atom. The lowest BCUT2D eigenvalue weighted by Crippen LogP contribution is -2.12. The van der Waals surface area contributed by atoms with Gasteiger partial charge in [-0.2, -0.15) is 0 Å². The zero-order valence-electron chi connectivity index (χ0n) is 8.91. The van der Waals surface area contributed by atoms with Gasteiger partial charge in [-0.15, -0.1) is 0 Å². The highest BCUT2D eigenvalue weighted by molar-refractivity contribution is 6.52. The molecule has 16 heavy (non-hydrogen) atoms. The fraction of sp³-hybridized carbons (Fsp3) is 0.167. The largest absolute Gasteiger partial charge is 0.318 e. The van der Waals surface area contributed by atoms with E-state index in [0.717, 1.165) is 12.1 Å². The van der Waals surface area contributed by atoms with E-state index in [-0.39, 0.29) is 0 Å². The molecule has 82 valence electrons. The molecule has 2 rings (SSSR count). The molecule has 0 bridgehead atoms. The van der Waals surface area contributed by atoms with Gasteiger partial charge in [0.1, 0.15) is 0 Å². The van der Waals surface area contributed by atoms with Crippen LogP contribution in [0.3, 0.4) is 0 Å². The van der Waals surface area contributed by atoms with E-state index in [1.165, 1.54) is 0 Å². The molecule has 0 aromatic heterocycles. The molecule has 0 aliphatic carbocycles. The molecule has 1 heterocycles. The lowest BCUT2D eigenvalue weighted by molar-refractivity contribution is -0.112. The monoisotopic (exact) mass is 216 g/mol. The van der Waals surface area contributed by atoms with Gasteiger partial charge in [0.15, 0.2) is 0 Å². The number of amides is 1. The van der Waals surface area contributed by atoms with E-state index in [0.29, 0.717) is 11.3 Å². The van der Waals surface area contributed by atoms with Crippen LogP contribution in [-0.4, -0.2) is 25.3 Å². The number of anilines is 1. The maximum atomic E-state index is 11.6. The summed E-state index contributed by atoms with van der Waals surface area (Å²) >= 11 is 0. The number of carbonyl (C=O) groups excluding carboxylic acids is 2. The summed E-state index contributed by atoms with van der Waals surface area (Å²) in [5.41, 5.74) is 1.84. The summed E-state index contributed by atoms with van der Waals surface area (Å²) in [7, 11) is 1.84. The molecule has 1 aliphatic rings. The van der Waals surface area contributed by atoms with E-state index in [1.54, 1.807) is 6.07 Å². The summed E-state index contributed by atoms with van der Waals surface area (Å²) in [6.07, 6.45) is 3.75. The van der Waals surface area contributed by atoms with Crippen molar-refractivity contribution in [1.29, 1.82) is 0 Å². The summed E-state index contributed by atoms with van der Waals surface area (Å²) in [5.74, 6) is -1.01. The Bertz CT molecular complexity index is 478. The fourth-order valence-corrected chi connectivity index (χ4v) is 1.66. The molecule has 0 atom stereocenters. The minimum Gasteiger partial charge on any atom is -0.318 e. The van der Waals surface area contributed by atoms with Crippen molar-refractivity contribution in [2.75, 3.05) is 18.9 Å². The van der Waals surface area contributed by atoms with Crippen molar-refractivity contribution in [2.45, 2.75) is 0 Å². The van der Waals surface area contributed by atoms with Crippen molar-refractivity contribution in [3.63, 3.8) is 0 Å². The van der Waals surface area contributed by atoms with E-state index >= 15 is 0 Å². The maximum Gasteiger partial charge on any atom is 0.296 e. The van der Waals surface area contributed by atoms with Gasteiger partial charge in [0.05, 0.1) is 11.3 Å². The van der Waals surface area contributed by atoms with Gasteiger partial charge >= 0.3 is 0 Å². The van der Waals surface area contributed by atoms with E-state index < -0.39 is 11.7 Å². The highest BCUT2D eigenvalue weighted by atomic mass is 16.2. The normalized spacial score (nSPS) is 14.3. The van der Waals surface area contributed by atoms with Crippen molar-refractivity contribution < 1.29 is 9.59 Å². The molecule has 0 saturated heterocycles. The molecule has 0 fully saturated rings. The third-order valence-corrected chi connectivity index (χ3v) is 2.40. The minimum absolute atomic E-state index is 0.459. The second-order valence-corrected chi connectivity index (χ2v) is 3.51. The van der Waals surface area contributed by atoms with Crippen LogP contribution in [0.15, 0.2) is 24.3 Å². The number of ketones is 1. The zero-order valence-corrected chi connectivity index (χ0v) is 8.91. The average Bonchev–Trinajstić information content (AvgIpc) is 2.56. The molecule has 0 unspecified atom stereocenters. The zero-order chi connectivity index (χ0) is 11.5. The van der Waals surface area contributed by atoms with E-state index in [1.807, 2.05) is 31.3 Å². The molecule has 1 aromatic carbocycles. The first kappa shape index (κ1) is 10.6. The molecule has 1 aliphatic heterocycles. The summed E-state index contributed by atoms with van der Waals surface area (Å²) < 4.78 is 0. The summed E-state index contributed by atoms with van der Waals surface area (Å²) in [6.45, 7) is 0.721. The number of Topliss-reactive ketones (excluding diaryl/α,β-unsaturated/α-hetero) is 1. The Labute approximate surface area is 93.3 Å². The first-order valence-electron chi connectivity index (χ1n) is 5.04. The van der Waals surface area contributed by atoms with Gasteiger partial charge in [-0.1, -0.05) is 24.3 Å². The van der Waals surface area contributed by atoms with Crippen LogP contribution in [-0.2, 0) is 4.79 Å². The summed E-state index contributed by atoms with van der Waals surface area (Å²) in [4.78, 5) is 22.8. The van der Waals surface area contributed by atoms with Crippen molar-refractivity contribution in [2.24, 2.45) is 0 Å². The van der Waals surface area contributed by atoms with Crippen molar-refractivity contribution >= 4 is 23.5 Å². The van der Waals surface area contributed by atoms with Gasteiger partial charge in [-0.25, -0.2) is 0 Å². The molecule has 0 radical (unpaired) electrons. The van der Waals surface area contributed by atoms with E-state index in [2.05, 4.69) is 10.6 Å². The van der Waals surface area contributed by atoms with Crippen LogP contribution >= 0.6 is 0 Å². The van der Waals surface area contributed by atoms with Gasteiger partial charge in [0.25, 0.3) is 11.7 Å². The van der Waals surface area contributed by atoms with E-state index in [4.69, 9.17) is 0 Å². The average molecular weight is 216 g/mol. The van der Waals surface area contributed by atoms with Crippen LogP contribution in [0.2, 0.25) is 0 Å². The Kier molecular flexibility index (Phi) is 2.83. The first-order chi connectivity index (χ1) is 7.74. The summed E-state index contributed by atoms with van der Waals surface area (Å²) in [6, 6.07) is 5.37. The highest BCUT2D eigenvalue weighted by Crippen LogP contribution is 2.26. The molecule has 0 saturated carbocycles. The minimum atomic E-state index is -0.551. The van der Waals surface area contributed by atoms with Gasteiger partial charge in [-0.3, -0.25) is 9.59 Å². The van der Waals surface area contributed by atoms with Crippen LogP contribution in [0.4, 0.5) is 5.69 Å². The smallest absolute Gasteiger partial charge is 0.296 e. The van der Waals surface area contributed by atoms with Crippen LogP contribution < -0.4 is 10.6 Å². The number of rotatable bonds is 3. The van der Waals surface area contributed by atoms with Crippen LogP contribution in [0, 0.1) is 0 Å². The Morgan fingerprint density at radius 2 is 2.19 bits per heavy atom. The number of benzene rings is 1. The number of carbonyl (C=O) groups is 2. The predicted octanol–water partition coefficient (Wildman–Crippen LogP) is 1.05. The lowest BCUT2D eigenvalue weighted by Gasteiger charge is -2.00. The first-order valence-corrected chi connectivity index (χ1v) is 5.04. The number of hydrogen-bond donors (Lipinski definition) is 2. The quantitative estimate of drug-likeness (QED) is 0.742. The SMILES string of the molecule is CNCC=Cc1cccc2c1C(=O)C(=O)N2. The van der Waals surface area contributed by atoms with Crippen LogP contribution in [0.1, 0.15) is 15.9 Å². The third-order valence-electron chi connectivity index (χ3n) is 2.40. The molecule has 1 aromatic rings. The molecular weight excluding hydrogens is 204 g/mol. The number of hydrogen-bond acceptors (Lipinski definition) is 3.